The van der Waals surface area contributed by atoms with Gasteiger partial charge in [0, 0.05) is 13.1 Å². The van der Waals surface area contributed by atoms with Crippen LogP contribution in [-0.4, -0.2) is 18.0 Å². The minimum atomic E-state index is 1.21. The summed E-state index contributed by atoms with van der Waals surface area (Å²) in [5.74, 6) is 0. The first-order chi connectivity index (χ1) is 8.35. The Balaban J connectivity index is 3.33. The van der Waals surface area contributed by atoms with Gasteiger partial charge in [-0.05, 0) is 19.0 Å². The van der Waals surface area contributed by atoms with Gasteiger partial charge < -0.3 is 4.90 Å². The van der Waals surface area contributed by atoms with Crippen molar-refractivity contribution in [3.05, 3.63) is 12.8 Å². The highest BCUT2D eigenvalue weighted by Gasteiger charge is 1.98. The molecule has 0 aromatic rings. The molecule has 0 fully saturated rings. The summed E-state index contributed by atoms with van der Waals surface area (Å²) in [6.45, 7) is 10.9. The van der Waals surface area contributed by atoms with Crippen LogP contribution in [-0.2, 0) is 0 Å². The Labute approximate surface area is 109 Å². The van der Waals surface area contributed by atoms with Crippen molar-refractivity contribution in [2.24, 2.45) is 0 Å². The van der Waals surface area contributed by atoms with Gasteiger partial charge in [-0.1, -0.05) is 71.8 Å². The van der Waals surface area contributed by atoms with E-state index < -0.39 is 0 Å². The van der Waals surface area contributed by atoms with E-state index in [1.54, 1.807) is 0 Å². The molecule has 0 atom stereocenters. The maximum absolute atomic E-state index is 3.92. The second-order valence-corrected chi connectivity index (χ2v) is 5.05. The molecule has 0 bridgehead atoms. The van der Waals surface area contributed by atoms with Crippen LogP contribution >= 0.6 is 0 Å². The highest BCUT2D eigenvalue weighted by molar-refractivity contribution is 4.70. The van der Waals surface area contributed by atoms with Gasteiger partial charge in [0.2, 0.25) is 0 Å². The normalized spacial score (nSPS) is 10.5. The number of hydrogen-bond donors (Lipinski definition) is 0. The van der Waals surface area contributed by atoms with E-state index in [0.29, 0.717) is 0 Å². The maximum atomic E-state index is 3.92. The van der Waals surface area contributed by atoms with Crippen LogP contribution in [0.25, 0.3) is 0 Å². The molecule has 1 nitrogen and oxygen atoms in total. The molecule has 1 heteroatoms. The van der Waals surface area contributed by atoms with Crippen LogP contribution in [0.1, 0.15) is 78.1 Å². The first-order valence-corrected chi connectivity index (χ1v) is 7.71. The fraction of sp³-hybridized carbons (Fsp3) is 0.875. The van der Waals surface area contributed by atoms with Gasteiger partial charge in [0.05, 0.1) is 0 Å². The van der Waals surface area contributed by atoms with Gasteiger partial charge in [0.15, 0.2) is 0 Å². The van der Waals surface area contributed by atoms with E-state index in [9.17, 15) is 0 Å². The van der Waals surface area contributed by atoms with Crippen LogP contribution in [0.4, 0.5) is 0 Å². The lowest BCUT2D eigenvalue weighted by atomic mass is 10.1. The Morgan fingerprint density at radius 3 is 1.47 bits per heavy atom. The van der Waals surface area contributed by atoms with E-state index in [1.807, 2.05) is 6.20 Å². The summed E-state index contributed by atoms with van der Waals surface area (Å²) in [6, 6.07) is 0. The van der Waals surface area contributed by atoms with Crippen LogP contribution in [0.5, 0.6) is 0 Å². The zero-order valence-electron chi connectivity index (χ0n) is 12.2. The molecule has 0 amide bonds. The van der Waals surface area contributed by atoms with Crippen LogP contribution in [0, 0.1) is 0 Å². The Morgan fingerprint density at radius 1 is 0.706 bits per heavy atom. The van der Waals surface area contributed by atoms with E-state index in [0.717, 1.165) is 0 Å². The molecule has 0 aromatic carbocycles. The molecule has 17 heavy (non-hydrogen) atoms. The maximum Gasteiger partial charge on any atom is 0.0172 e. The highest BCUT2D eigenvalue weighted by Crippen LogP contribution is 2.07. The van der Waals surface area contributed by atoms with Gasteiger partial charge >= 0.3 is 0 Å². The second-order valence-electron chi connectivity index (χ2n) is 5.05. The minimum absolute atomic E-state index is 1.21. The summed E-state index contributed by atoms with van der Waals surface area (Å²) >= 11 is 0. The SMILES string of the molecule is C=CN(CCCCCCC)CCCCCCC. The number of nitrogens with zero attached hydrogens (tertiary/aromatic N) is 1. The Bertz CT molecular complexity index is 140. The van der Waals surface area contributed by atoms with Crippen molar-refractivity contribution in [1.29, 1.82) is 0 Å². The summed E-state index contributed by atoms with van der Waals surface area (Å²) in [4.78, 5) is 2.40. The van der Waals surface area contributed by atoms with E-state index in [2.05, 4.69) is 25.3 Å². The molecule has 0 N–H and O–H groups in total. The van der Waals surface area contributed by atoms with Gasteiger partial charge in [0.25, 0.3) is 0 Å². The summed E-state index contributed by atoms with van der Waals surface area (Å²) in [7, 11) is 0. The van der Waals surface area contributed by atoms with Crippen molar-refractivity contribution >= 4 is 0 Å². The quantitative estimate of drug-likeness (QED) is 0.390. The third-order valence-corrected chi connectivity index (χ3v) is 3.36. The third kappa shape index (κ3) is 11.8. The van der Waals surface area contributed by atoms with Crippen molar-refractivity contribution in [1.82, 2.24) is 4.90 Å². The largest absolute Gasteiger partial charge is 0.378 e. The predicted molar refractivity (Wildman–Crippen MR) is 79.3 cm³/mol. The molecule has 0 saturated heterocycles. The number of hydrogen-bond acceptors (Lipinski definition) is 1. The molecule has 0 aliphatic rings. The topological polar surface area (TPSA) is 3.24 Å². The summed E-state index contributed by atoms with van der Waals surface area (Å²) in [6.07, 6.45) is 15.7. The molecule has 0 saturated carbocycles. The summed E-state index contributed by atoms with van der Waals surface area (Å²) in [5, 5.41) is 0. The van der Waals surface area contributed by atoms with Crippen molar-refractivity contribution in [3.8, 4) is 0 Å². The van der Waals surface area contributed by atoms with Crippen LogP contribution in [0.3, 0.4) is 0 Å². The smallest absolute Gasteiger partial charge is 0.0172 e. The molecule has 102 valence electrons. The fourth-order valence-electron chi connectivity index (χ4n) is 2.13. The monoisotopic (exact) mass is 239 g/mol. The van der Waals surface area contributed by atoms with Crippen molar-refractivity contribution in [2.45, 2.75) is 78.1 Å². The van der Waals surface area contributed by atoms with Crippen LogP contribution in [0.2, 0.25) is 0 Å². The first-order valence-electron chi connectivity index (χ1n) is 7.71. The van der Waals surface area contributed by atoms with E-state index in [4.69, 9.17) is 0 Å². The average molecular weight is 239 g/mol. The Hall–Kier alpha value is -0.460. The zero-order valence-corrected chi connectivity index (χ0v) is 12.2. The third-order valence-electron chi connectivity index (χ3n) is 3.36. The lowest BCUT2D eigenvalue weighted by molar-refractivity contribution is 0.351. The van der Waals surface area contributed by atoms with Gasteiger partial charge in [-0.2, -0.15) is 0 Å². The first kappa shape index (κ1) is 16.5. The standard InChI is InChI=1S/C16H33N/c1-4-7-9-11-13-15-17(6-3)16-14-12-10-8-5-2/h6H,3-5,7-16H2,1-2H3. The van der Waals surface area contributed by atoms with E-state index in [1.165, 1.54) is 77.3 Å². The molecule has 0 rings (SSSR count). The molecule has 0 radical (unpaired) electrons. The molecular formula is C16H33N. The predicted octanol–water partition coefficient (Wildman–Crippen LogP) is 5.37. The van der Waals surface area contributed by atoms with Crippen molar-refractivity contribution in [3.63, 3.8) is 0 Å². The fourth-order valence-corrected chi connectivity index (χ4v) is 2.13. The minimum Gasteiger partial charge on any atom is -0.378 e. The van der Waals surface area contributed by atoms with E-state index >= 15 is 0 Å². The number of unbranched alkanes of at least 4 members (excludes halogenated alkanes) is 8. The second kappa shape index (κ2) is 13.6. The van der Waals surface area contributed by atoms with Crippen molar-refractivity contribution < 1.29 is 0 Å². The van der Waals surface area contributed by atoms with E-state index in [-0.39, 0.29) is 0 Å². The molecular weight excluding hydrogens is 206 g/mol. The molecule has 0 aliphatic carbocycles. The lowest BCUT2D eigenvalue weighted by Gasteiger charge is -2.19. The zero-order chi connectivity index (χ0) is 12.8. The summed E-state index contributed by atoms with van der Waals surface area (Å²) < 4.78 is 0. The van der Waals surface area contributed by atoms with Crippen LogP contribution < -0.4 is 0 Å². The molecule has 0 heterocycles. The number of rotatable bonds is 13. The lowest BCUT2D eigenvalue weighted by Crippen LogP contribution is -2.19. The van der Waals surface area contributed by atoms with Crippen molar-refractivity contribution in [2.75, 3.05) is 13.1 Å². The average Bonchev–Trinajstić information content (AvgIpc) is 2.36. The summed E-state index contributed by atoms with van der Waals surface area (Å²) in [5.41, 5.74) is 0. The van der Waals surface area contributed by atoms with Gasteiger partial charge in [0.1, 0.15) is 0 Å². The van der Waals surface area contributed by atoms with Gasteiger partial charge in [-0.25, -0.2) is 0 Å². The molecule has 0 aromatic heterocycles. The highest BCUT2D eigenvalue weighted by atomic mass is 15.1. The Kier molecular flexibility index (Phi) is 13.2. The molecule has 0 spiro atoms. The van der Waals surface area contributed by atoms with Gasteiger partial charge in [-0.3, -0.25) is 0 Å². The molecule has 0 aliphatic heterocycles. The van der Waals surface area contributed by atoms with Crippen LogP contribution in [0.15, 0.2) is 12.8 Å². The van der Waals surface area contributed by atoms with Gasteiger partial charge in [-0.15, -0.1) is 0 Å². The Morgan fingerprint density at radius 2 is 1.12 bits per heavy atom. The molecule has 0 unspecified atom stereocenters.